The van der Waals surface area contributed by atoms with E-state index in [1.165, 1.54) is 39.2 Å². The van der Waals surface area contributed by atoms with Crippen LogP contribution in [0, 0.1) is 6.92 Å². The molecule has 3 heteroatoms. The Bertz CT molecular complexity index is 1620. The molecular weight excluding hydrogens is 428 g/mol. The van der Waals surface area contributed by atoms with Crippen molar-refractivity contribution in [2.75, 3.05) is 0 Å². The molecule has 0 radical (unpaired) electrons. The van der Waals surface area contributed by atoms with Crippen LogP contribution in [0.5, 0.6) is 0 Å². The number of furan rings is 1. The quantitative estimate of drug-likeness (QED) is 0.254. The van der Waals surface area contributed by atoms with Crippen molar-refractivity contribution >= 4 is 22.1 Å². The molecule has 176 valence electrons. The lowest BCUT2D eigenvalue weighted by atomic mass is 9.76. The maximum Gasteiger partial charge on any atom is 0.227 e. The molecule has 0 saturated carbocycles. The highest BCUT2D eigenvalue weighted by Gasteiger charge is 2.42. The summed E-state index contributed by atoms with van der Waals surface area (Å²) in [5, 5.41) is 2.23. The summed E-state index contributed by atoms with van der Waals surface area (Å²) >= 11 is 0. The normalized spacial score (nSPS) is 14.1. The zero-order valence-electron chi connectivity index (χ0n) is 21.6. The van der Waals surface area contributed by atoms with Crippen LogP contribution in [0.25, 0.3) is 44.5 Å². The molecule has 6 rings (SSSR count). The first-order chi connectivity index (χ1) is 16.9. The molecular formula is C32H33N2O+. The minimum Gasteiger partial charge on any atom is -0.437 e. The average molecular weight is 462 g/mol. The highest BCUT2D eigenvalue weighted by Crippen LogP contribution is 2.53. The zero-order valence-corrected chi connectivity index (χ0v) is 21.6. The summed E-state index contributed by atoms with van der Waals surface area (Å²) in [5.74, 6) is 0.464. The van der Waals surface area contributed by atoms with E-state index in [-0.39, 0.29) is 5.41 Å². The van der Waals surface area contributed by atoms with Crippen molar-refractivity contribution in [1.29, 1.82) is 0 Å². The number of hydrogen-bond acceptors (Lipinski definition) is 2. The number of aromatic nitrogens is 2. The molecule has 0 saturated heterocycles. The maximum atomic E-state index is 6.66. The highest BCUT2D eigenvalue weighted by atomic mass is 16.3. The van der Waals surface area contributed by atoms with Gasteiger partial charge >= 0.3 is 0 Å². The molecule has 3 heterocycles. The van der Waals surface area contributed by atoms with E-state index in [1.807, 2.05) is 0 Å². The first kappa shape index (κ1) is 22.0. The predicted octanol–water partition coefficient (Wildman–Crippen LogP) is 7.99. The molecule has 1 aliphatic rings. The van der Waals surface area contributed by atoms with Crippen LogP contribution in [0.1, 0.15) is 68.8 Å². The van der Waals surface area contributed by atoms with Crippen LogP contribution >= 0.6 is 0 Å². The molecule has 2 aromatic carbocycles. The third kappa shape index (κ3) is 2.97. The molecule has 0 unspecified atom stereocenters. The molecule has 1 aliphatic carbocycles. The molecule has 0 bridgehead atoms. The van der Waals surface area contributed by atoms with Crippen molar-refractivity contribution in [2.45, 2.75) is 58.8 Å². The van der Waals surface area contributed by atoms with Gasteiger partial charge in [-0.25, -0.2) is 9.55 Å². The van der Waals surface area contributed by atoms with E-state index in [4.69, 9.17) is 9.40 Å². The van der Waals surface area contributed by atoms with Gasteiger partial charge < -0.3 is 4.42 Å². The first-order valence-electron chi connectivity index (χ1n) is 12.9. The third-order valence-electron chi connectivity index (χ3n) is 8.33. The fourth-order valence-corrected chi connectivity index (χ4v) is 6.17. The standard InChI is InChI=1S/C32H33N2O/c1-7-32(8-2)26-12-10-9-11-22(26)24-18-25-23-14-13-20(5)28(29(23)35-31(25)33-30(24)32)27-17-21(19(3)4)15-16-34(27)6/h9-19H,7-8H2,1-6H3/q+1. The zero-order chi connectivity index (χ0) is 24.5. The van der Waals surface area contributed by atoms with Gasteiger partial charge in [0.1, 0.15) is 7.05 Å². The van der Waals surface area contributed by atoms with Crippen molar-refractivity contribution in [1.82, 2.24) is 4.98 Å². The molecule has 35 heavy (non-hydrogen) atoms. The number of rotatable bonds is 4. The van der Waals surface area contributed by atoms with Crippen molar-refractivity contribution in [3.63, 3.8) is 0 Å². The second-order valence-electron chi connectivity index (χ2n) is 10.4. The SMILES string of the molecule is CCC1(CC)c2ccccc2-c2cc3c(nc21)oc1c(-c2cc(C(C)C)cc[n+]2C)c(C)ccc13. The van der Waals surface area contributed by atoms with E-state index in [0.717, 1.165) is 40.5 Å². The molecule has 0 fully saturated rings. The first-order valence-corrected chi connectivity index (χ1v) is 12.9. The fourth-order valence-electron chi connectivity index (χ4n) is 6.17. The molecule has 0 spiro atoms. The van der Waals surface area contributed by atoms with Gasteiger partial charge in [-0.1, -0.05) is 64.1 Å². The van der Waals surface area contributed by atoms with E-state index >= 15 is 0 Å². The number of pyridine rings is 2. The van der Waals surface area contributed by atoms with Gasteiger partial charge in [-0.2, -0.15) is 0 Å². The Balaban J connectivity index is 1.68. The Labute approximate surface area is 207 Å². The molecule has 0 aliphatic heterocycles. The van der Waals surface area contributed by atoms with Crippen molar-refractivity contribution < 1.29 is 8.98 Å². The van der Waals surface area contributed by atoms with E-state index in [1.54, 1.807) is 0 Å². The van der Waals surface area contributed by atoms with Gasteiger partial charge in [-0.05, 0) is 54.0 Å². The van der Waals surface area contributed by atoms with Crippen molar-refractivity contribution in [3.8, 4) is 22.4 Å². The third-order valence-corrected chi connectivity index (χ3v) is 8.33. The van der Waals surface area contributed by atoms with Gasteiger partial charge in [0, 0.05) is 33.9 Å². The van der Waals surface area contributed by atoms with E-state index in [0.29, 0.717) is 5.92 Å². The fraction of sp³-hybridized carbons (Fsp3) is 0.312. The molecule has 0 amide bonds. The van der Waals surface area contributed by atoms with Crippen LogP contribution in [-0.2, 0) is 12.5 Å². The van der Waals surface area contributed by atoms with E-state index in [2.05, 4.69) is 107 Å². The number of fused-ring (bicyclic) bond motifs is 6. The lowest BCUT2D eigenvalue weighted by Crippen LogP contribution is -2.31. The molecule has 3 aromatic heterocycles. The molecule has 0 N–H and O–H groups in total. The van der Waals surface area contributed by atoms with Gasteiger partial charge in [0.15, 0.2) is 11.8 Å². The highest BCUT2D eigenvalue weighted by molar-refractivity contribution is 6.10. The Morgan fingerprint density at radius 1 is 0.943 bits per heavy atom. The molecule has 3 nitrogen and oxygen atoms in total. The van der Waals surface area contributed by atoms with Gasteiger partial charge in [-0.3, -0.25) is 0 Å². The molecule has 0 atom stereocenters. The molecule has 5 aromatic rings. The second kappa shape index (κ2) is 7.78. The Hall–Kier alpha value is -3.46. The van der Waals surface area contributed by atoms with Gasteiger partial charge in [0.05, 0.1) is 11.3 Å². The minimum absolute atomic E-state index is 0.0596. The number of benzene rings is 2. The summed E-state index contributed by atoms with van der Waals surface area (Å²) in [4.78, 5) is 5.26. The Kier molecular flexibility index (Phi) is 4.90. The minimum atomic E-state index is -0.0596. The predicted molar refractivity (Wildman–Crippen MR) is 144 cm³/mol. The van der Waals surface area contributed by atoms with Crippen molar-refractivity contribution in [2.24, 2.45) is 7.05 Å². The number of hydrogen-bond donors (Lipinski definition) is 0. The summed E-state index contributed by atoms with van der Waals surface area (Å²) in [5.41, 5.74) is 11.6. The number of aryl methyl sites for hydroxylation is 2. The smallest absolute Gasteiger partial charge is 0.227 e. The van der Waals surface area contributed by atoms with Gasteiger partial charge in [-0.15, -0.1) is 0 Å². The lowest BCUT2D eigenvalue weighted by molar-refractivity contribution is -0.660. The number of nitrogens with zero attached hydrogens (tertiary/aromatic N) is 2. The summed E-state index contributed by atoms with van der Waals surface area (Å²) in [7, 11) is 2.11. The summed E-state index contributed by atoms with van der Waals surface area (Å²) < 4.78 is 8.85. The van der Waals surface area contributed by atoms with Gasteiger partial charge in [0.2, 0.25) is 11.4 Å². The maximum absolute atomic E-state index is 6.66. The average Bonchev–Trinajstić information content (AvgIpc) is 3.36. The van der Waals surface area contributed by atoms with Crippen LogP contribution in [0.15, 0.2) is 65.2 Å². The largest absolute Gasteiger partial charge is 0.437 e. The van der Waals surface area contributed by atoms with Crippen LogP contribution in [0.2, 0.25) is 0 Å². The topological polar surface area (TPSA) is 29.9 Å². The van der Waals surface area contributed by atoms with Crippen LogP contribution < -0.4 is 4.57 Å². The van der Waals surface area contributed by atoms with Gasteiger partial charge in [0.25, 0.3) is 0 Å². The summed E-state index contributed by atoms with van der Waals surface area (Å²) in [6.07, 6.45) is 4.20. The summed E-state index contributed by atoms with van der Waals surface area (Å²) in [6.45, 7) is 11.2. The van der Waals surface area contributed by atoms with Crippen LogP contribution in [0.3, 0.4) is 0 Å². The van der Waals surface area contributed by atoms with Crippen LogP contribution in [0.4, 0.5) is 0 Å². The Morgan fingerprint density at radius 3 is 2.46 bits per heavy atom. The monoisotopic (exact) mass is 461 g/mol. The summed E-state index contributed by atoms with van der Waals surface area (Å²) in [6, 6.07) is 20.1. The second-order valence-corrected chi connectivity index (χ2v) is 10.4. The van der Waals surface area contributed by atoms with E-state index < -0.39 is 0 Å². The Morgan fingerprint density at radius 2 is 1.71 bits per heavy atom. The van der Waals surface area contributed by atoms with Crippen molar-refractivity contribution in [3.05, 3.63) is 83.2 Å². The van der Waals surface area contributed by atoms with Crippen LogP contribution in [-0.4, -0.2) is 4.98 Å². The lowest BCUT2D eigenvalue weighted by Gasteiger charge is -2.28. The van der Waals surface area contributed by atoms with E-state index in [9.17, 15) is 0 Å².